The molecule has 180 valence electrons. The van der Waals surface area contributed by atoms with Gasteiger partial charge in [-0.2, -0.15) is 4.31 Å². The maximum absolute atomic E-state index is 13.0. The molecule has 1 aliphatic rings. The van der Waals surface area contributed by atoms with Crippen molar-refractivity contribution in [3.8, 4) is 10.6 Å². The Labute approximate surface area is 210 Å². The summed E-state index contributed by atoms with van der Waals surface area (Å²) in [6.07, 6.45) is -0.443. The van der Waals surface area contributed by atoms with Crippen LogP contribution in [0.4, 0.5) is 9.93 Å². The molecule has 1 aliphatic heterocycles. The highest BCUT2D eigenvalue weighted by Crippen LogP contribution is 2.33. The Kier molecular flexibility index (Phi) is 7.53. The lowest BCUT2D eigenvalue weighted by Gasteiger charge is -2.33. The minimum absolute atomic E-state index is 0.0831. The molecule has 4 rings (SSSR count). The van der Waals surface area contributed by atoms with Crippen molar-refractivity contribution in [3.05, 3.63) is 51.7 Å². The van der Waals surface area contributed by atoms with Crippen LogP contribution in [0.15, 0.2) is 46.7 Å². The number of carbonyl (C=O) groups excluding carboxylic acids is 2. The lowest BCUT2D eigenvalue weighted by molar-refractivity contribution is 0.0933. The van der Waals surface area contributed by atoms with Crippen molar-refractivity contribution in [2.75, 3.05) is 38.1 Å². The van der Waals surface area contributed by atoms with E-state index in [1.807, 2.05) is 11.4 Å². The molecule has 3 aromatic rings. The fourth-order valence-corrected chi connectivity index (χ4v) is 6.52. The highest BCUT2D eigenvalue weighted by molar-refractivity contribution is 7.89. The number of nitrogens with zero attached hydrogens (tertiary/aromatic N) is 3. The molecule has 0 aliphatic carbocycles. The minimum atomic E-state index is -3.75. The molecular formula is C21H21ClN4O5S3. The predicted molar refractivity (Wildman–Crippen MR) is 132 cm³/mol. The van der Waals surface area contributed by atoms with Gasteiger partial charge in [-0.1, -0.05) is 11.6 Å². The Hall–Kier alpha value is -2.51. The van der Waals surface area contributed by atoms with Gasteiger partial charge in [0.15, 0.2) is 5.13 Å². The second kappa shape index (κ2) is 10.4. The first-order chi connectivity index (χ1) is 16.3. The van der Waals surface area contributed by atoms with Crippen LogP contribution < -0.4 is 5.32 Å². The molecule has 0 spiro atoms. The van der Waals surface area contributed by atoms with Gasteiger partial charge in [-0.3, -0.25) is 10.1 Å². The first-order valence-corrected chi connectivity index (χ1v) is 13.8. The number of sulfonamides is 1. The number of aromatic nitrogens is 1. The molecule has 9 nitrogen and oxygen atoms in total. The summed E-state index contributed by atoms with van der Waals surface area (Å²) in [5, 5.41) is 4.99. The number of benzene rings is 1. The number of nitrogens with one attached hydrogen (secondary N) is 1. The fourth-order valence-electron chi connectivity index (χ4n) is 3.32. The third-order valence-corrected chi connectivity index (χ3v) is 8.99. The van der Waals surface area contributed by atoms with Crippen LogP contribution in [0.2, 0.25) is 4.34 Å². The van der Waals surface area contributed by atoms with Crippen molar-refractivity contribution in [2.45, 2.75) is 11.8 Å². The largest absolute Gasteiger partial charge is 0.450 e. The van der Waals surface area contributed by atoms with Crippen LogP contribution in [0.3, 0.4) is 0 Å². The lowest BCUT2D eigenvalue weighted by atomic mass is 10.2. The van der Waals surface area contributed by atoms with Crippen LogP contribution in [0.1, 0.15) is 17.3 Å². The number of halogens is 1. The lowest BCUT2D eigenvalue weighted by Crippen LogP contribution is -2.50. The van der Waals surface area contributed by atoms with Crippen molar-refractivity contribution < 1.29 is 22.7 Å². The molecule has 2 amide bonds. The molecule has 0 atom stereocenters. The van der Waals surface area contributed by atoms with E-state index in [0.29, 0.717) is 15.0 Å². The normalized spacial score (nSPS) is 14.7. The average molecular weight is 541 g/mol. The molecule has 1 N–H and O–H groups in total. The molecule has 1 saturated heterocycles. The molecule has 13 heteroatoms. The molecule has 0 bridgehead atoms. The Morgan fingerprint density at radius 3 is 2.44 bits per heavy atom. The molecular weight excluding hydrogens is 520 g/mol. The topological polar surface area (TPSA) is 109 Å². The van der Waals surface area contributed by atoms with E-state index in [4.69, 9.17) is 16.3 Å². The van der Waals surface area contributed by atoms with E-state index in [1.54, 1.807) is 13.0 Å². The molecule has 3 heterocycles. The highest BCUT2D eigenvalue weighted by atomic mass is 35.5. The predicted octanol–water partition coefficient (Wildman–Crippen LogP) is 4.24. The Morgan fingerprint density at radius 1 is 1.12 bits per heavy atom. The Balaban J connectivity index is 1.38. The second-order valence-corrected chi connectivity index (χ2v) is 11.7. The second-order valence-electron chi connectivity index (χ2n) is 7.21. The first kappa shape index (κ1) is 24.6. The number of hydrogen-bond donors (Lipinski definition) is 1. The van der Waals surface area contributed by atoms with Gasteiger partial charge in [-0.05, 0) is 43.3 Å². The summed E-state index contributed by atoms with van der Waals surface area (Å²) in [7, 11) is -3.75. The number of thiophene rings is 1. The van der Waals surface area contributed by atoms with Crippen molar-refractivity contribution >= 4 is 61.4 Å². The van der Waals surface area contributed by atoms with E-state index in [0.717, 1.165) is 10.6 Å². The van der Waals surface area contributed by atoms with E-state index in [2.05, 4.69) is 10.3 Å². The van der Waals surface area contributed by atoms with Crippen LogP contribution in [0, 0.1) is 0 Å². The number of anilines is 1. The molecule has 0 radical (unpaired) electrons. The number of ether oxygens (including phenoxy) is 1. The summed E-state index contributed by atoms with van der Waals surface area (Å²) in [6, 6.07) is 9.39. The van der Waals surface area contributed by atoms with Gasteiger partial charge in [0.1, 0.15) is 0 Å². The maximum atomic E-state index is 13.0. The summed E-state index contributed by atoms with van der Waals surface area (Å²) >= 11 is 8.65. The molecule has 1 aromatic carbocycles. The summed E-state index contributed by atoms with van der Waals surface area (Å²) in [5.41, 5.74) is 1.03. The number of carbonyl (C=O) groups is 2. The van der Waals surface area contributed by atoms with Crippen LogP contribution in [0.5, 0.6) is 0 Å². The van der Waals surface area contributed by atoms with Gasteiger partial charge in [-0.15, -0.1) is 22.7 Å². The van der Waals surface area contributed by atoms with Crippen molar-refractivity contribution in [2.24, 2.45) is 0 Å². The number of rotatable bonds is 6. The highest BCUT2D eigenvalue weighted by Gasteiger charge is 2.30. The molecule has 1 fully saturated rings. The van der Waals surface area contributed by atoms with Gasteiger partial charge in [0, 0.05) is 37.1 Å². The summed E-state index contributed by atoms with van der Waals surface area (Å²) < 4.78 is 32.9. The first-order valence-electron chi connectivity index (χ1n) is 10.3. The zero-order valence-electron chi connectivity index (χ0n) is 18.1. The molecule has 0 unspecified atom stereocenters. The zero-order chi connectivity index (χ0) is 24.3. The van der Waals surface area contributed by atoms with E-state index in [9.17, 15) is 18.0 Å². The third-order valence-electron chi connectivity index (χ3n) is 5.07. The summed E-state index contributed by atoms with van der Waals surface area (Å²) in [4.78, 5) is 31.3. The quantitative estimate of drug-likeness (QED) is 0.501. The molecule has 2 aromatic heterocycles. The number of thiazole rings is 1. The van der Waals surface area contributed by atoms with Gasteiger partial charge in [0.2, 0.25) is 10.0 Å². The van der Waals surface area contributed by atoms with E-state index >= 15 is 0 Å². The van der Waals surface area contributed by atoms with Crippen molar-refractivity contribution in [1.29, 1.82) is 0 Å². The smallest absolute Gasteiger partial charge is 0.409 e. The molecule has 0 saturated carbocycles. The Bertz CT molecular complexity index is 1280. The third kappa shape index (κ3) is 5.41. The summed E-state index contributed by atoms with van der Waals surface area (Å²) in [6.45, 7) is 2.84. The maximum Gasteiger partial charge on any atom is 0.409 e. The average Bonchev–Trinajstić information content (AvgIpc) is 3.48. The van der Waals surface area contributed by atoms with Gasteiger partial charge in [0.25, 0.3) is 5.91 Å². The molecule has 34 heavy (non-hydrogen) atoms. The monoisotopic (exact) mass is 540 g/mol. The van der Waals surface area contributed by atoms with Gasteiger partial charge >= 0.3 is 6.09 Å². The summed E-state index contributed by atoms with van der Waals surface area (Å²) in [5.74, 6) is -0.392. The van der Waals surface area contributed by atoms with E-state index < -0.39 is 22.0 Å². The van der Waals surface area contributed by atoms with Crippen LogP contribution in [-0.2, 0) is 14.8 Å². The van der Waals surface area contributed by atoms with Crippen LogP contribution in [0.25, 0.3) is 10.6 Å². The van der Waals surface area contributed by atoms with Gasteiger partial charge < -0.3 is 9.64 Å². The standard InChI is InChI=1S/C21H21ClN4O5S3/c1-2-31-21(28)25-9-11-26(12-10-25)34(29,30)15-5-3-14(4-6-15)19(27)24-20-23-16(13-32-20)17-7-8-18(22)33-17/h3-8,13H,2,9-12H2,1H3,(H,23,24,27). The number of piperazine rings is 1. The Morgan fingerprint density at radius 2 is 1.82 bits per heavy atom. The fraction of sp³-hybridized carbons (Fsp3) is 0.286. The number of hydrogen-bond acceptors (Lipinski definition) is 8. The van der Waals surface area contributed by atoms with Crippen molar-refractivity contribution in [1.82, 2.24) is 14.2 Å². The van der Waals surface area contributed by atoms with E-state index in [1.165, 1.54) is 56.1 Å². The van der Waals surface area contributed by atoms with Crippen LogP contribution >= 0.6 is 34.3 Å². The SMILES string of the molecule is CCOC(=O)N1CCN(S(=O)(=O)c2ccc(C(=O)Nc3nc(-c4ccc(Cl)s4)cs3)cc2)CC1. The van der Waals surface area contributed by atoms with Gasteiger partial charge in [0.05, 0.1) is 26.4 Å². The van der Waals surface area contributed by atoms with E-state index in [-0.39, 0.29) is 37.7 Å². The van der Waals surface area contributed by atoms with Crippen LogP contribution in [-0.4, -0.2) is 67.4 Å². The van der Waals surface area contributed by atoms with Crippen molar-refractivity contribution in [3.63, 3.8) is 0 Å². The minimum Gasteiger partial charge on any atom is -0.450 e. The van der Waals surface area contributed by atoms with Gasteiger partial charge in [-0.25, -0.2) is 18.2 Å². The number of amides is 2. The zero-order valence-corrected chi connectivity index (χ0v) is 21.3.